The lowest BCUT2D eigenvalue weighted by Gasteiger charge is -2.07. The van der Waals surface area contributed by atoms with Gasteiger partial charge in [-0.25, -0.2) is 4.79 Å². The number of nitrogens with one attached hydrogen (secondary N) is 1. The summed E-state index contributed by atoms with van der Waals surface area (Å²) in [5.74, 6) is -1.42. The van der Waals surface area contributed by atoms with E-state index in [1.807, 2.05) is 0 Å². The lowest BCUT2D eigenvalue weighted by molar-refractivity contribution is -0.114. The normalized spacial score (nSPS) is 10.1. The van der Waals surface area contributed by atoms with Gasteiger partial charge in [-0.3, -0.25) is 4.79 Å². The van der Waals surface area contributed by atoms with E-state index in [1.165, 1.54) is 25.1 Å². The number of aromatic hydroxyl groups is 1. The third kappa shape index (κ3) is 3.14. The van der Waals surface area contributed by atoms with Crippen LogP contribution < -0.4 is 5.32 Å². The van der Waals surface area contributed by atoms with Crippen molar-refractivity contribution in [3.8, 4) is 16.9 Å². The standard InChI is InChI=1S/C15H13NO4/c1-9(17)16-13-4-2-3-10(6-13)11-5-12(15(19)20)8-14(18)7-11/h2-8,18H,1H3,(H,16,17)(H,19,20). The molecule has 0 fully saturated rings. The summed E-state index contributed by atoms with van der Waals surface area (Å²) < 4.78 is 0. The Morgan fingerprint density at radius 2 is 1.80 bits per heavy atom. The van der Waals surface area contributed by atoms with Crippen LogP contribution in [0.3, 0.4) is 0 Å². The van der Waals surface area contributed by atoms with Crippen LogP contribution in [0.2, 0.25) is 0 Å². The minimum Gasteiger partial charge on any atom is -0.508 e. The average Bonchev–Trinajstić information content (AvgIpc) is 2.37. The second-order valence-electron chi connectivity index (χ2n) is 4.34. The van der Waals surface area contributed by atoms with Crippen molar-refractivity contribution in [1.29, 1.82) is 0 Å². The van der Waals surface area contributed by atoms with Gasteiger partial charge in [0.2, 0.25) is 5.91 Å². The molecule has 0 radical (unpaired) electrons. The van der Waals surface area contributed by atoms with E-state index in [2.05, 4.69) is 5.32 Å². The summed E-state index contributed by atoms with van der Waals surface area (Å²) in [7, 11) is 0. The monoisotopic (exact) mass is 271 g/mol. The van der Waals surface area contributed by atoms with E-state index < -0.39 is 5.97 Å². The highest BCUT2D eigenvalue weighted by atomic mass is 16.4. The highest BCUT2D eigenvalue weighted by molar-refractivity contribution is 5.91. The number of carboxylic acid groups (broad SMARTS) is 1. The zero-order valence-corrected chi connectivity index (χ0v) is 10.8. The van der Waals surface area contributed by atoms with Gasteiger partial charge < -0.3 is 15.5 Å². The van der Waals surface area contributed by atoms with Crippen molar-refractivity contribution in [2.75, 3.05) is 5.32 Å². The molecule has 0 aromatic heterocycles. The molecule has 0 saturated carbocycles. The van der Waals surface area contributed by atoms with Gasteiger partial charge in [0, 0.05) is 12.6 Å². The lowest BCUT2D eigenvalue weighted by atomic mass is 10.0. The molecule has 0 atom stereocenters. The van der Waals surface area contributed by atoms with Crippen LogP contribution in [0.15, 0.2) is 42.5 Å². The number of aromatic carboxylic acids is 1. The Bertz CT molecular complexity index is 679. The summed E-state index contributed by atoms with van der Waals surface area (Å²) >= 11 is 0. The molecule has 102 valence electrons. The molecule has 0 spiro atoms. The van der Waals surface area contributed by atoms with Crippen LogP contribution in [-0.2, 0) is 4.79 Å². The summed E-state index contributed by atoms with van der Waals surface area (Å²) in [6.07, 6.45) is 0. The fraction of sp³-hybridized carbons (Fsp3) is 0.0667. The number of carboxylic acids is 1. The van der Waals surface area contributed by atoms with Crippen LogP contribution in [0.5, 0.6) is 5.75 Å². The van der Waals surface area contributed by atoms with E-state index in [0.717, 1.165) is 0 Å². The molecule has 5 nitrogen and oxygen atoms in total. The van der Waals surface area contributed by atoms with Crippen molar-refractivity contribution in [3.05, 3.63) is 48.0 Å². The molecule has 20 heavy (non-hydrogen) atoms. The third-order valence-corrected chi connectivity index (χ3v) is 2.68. The largest absolute Gasteiger partial charge is 0.508 e. The Kier molecular flexibility index (Phi) is 3.70. The van der Waals surface area contributed by atoms with E-state index in [4.69, 9.17) is 5.11 Å². The molecule has 2 aromatic rings. The van der Waals surface area contributed by atoms with Crippen molar-refractivity contribution >= 4 is 17.6 Å². The number of carbonyl (C=O) groups excluding carboxylic acids is 1. The predicted molar refractivity (Wildman–Crippen MR) is 74.8 cm³/mol. The number of carbonyl (C=O) groups is 2. The van der Waals surface area contributed by atoms with Gasteiger partial charge in [-0.15, -0.1) is 0 Å². The summed E-state index contributed by atoms with van der Waals surface area (Å²) in [5.41, 5.74) is 1.88. The fourth-order valence-electron chi connectivity index (χ4n) is 1.88. The first kappa shape index (κ1) is 13.6. The summed E-state index contributed by atoms with van der Waals surface area (Å²) in [6.45, 7) is 1.41. The number of phenols is 1. The first-order chi connectivity index (χ1) is 9.45. The number of hydrogen-bond donors (Lipinski definition) is 3. The maximum Gasteiger partial charge on any atom is 0.335 e. The van der Waals surface area contributed by atoms with E-state index in [0.29, 0.717) is 16.8 Å². The van der Waals surface area contributed by atoms with Crippen molar-refractivity contribution < 1.29 is 19.8 Å². The van der Waals surface area contributed by atoms with Gasteiger partial charge in [0.05, 0.1) is 5.56 Å². The highest BCUT2D eigenvalue weighted by Crippen LogP contribution is 2.27. The molecule has 0 aliphatic rings. The van der Waals surface area contributed by atoms with Gasteiger partial charge >= 0.3 is 5.97 Å². The summed E-state index contributed by atoms with van der Waals surface area (Å²) in [6, 6.07) is 11.1. The number of rotatable bonds is 3. The van der Waals surface area contributed by atoms with Gasteiger partial charge in [-0.1, -0.05) is 12.1 Å². The molecule has 0 bridgehead atoms. The molecule has 0 heterocycles. The number of benzene rings is 2. The maximum atomic E-state index is 11.0. The first-order valence-corrected chi connectivity index (χ1v) is 5.91. The maximum absolute atomic E-state index is 11.0. The number of amides is 1. The minimum atomic E-state index is -1.11. The molecule has 0 saturated heterocycles. The molecule has 2 aromatic carbocycles. The summed E-state index contributed by atoms with van der Waals surface area (Å²) in [4.78, 5) is 22.0. The van der Waals surface area contributed by atoms with Crippen LogP contribution in [0.1, 0.15) is 17.3 Å². The molecule has 3 N–H and O–H groups in total. The zero-order chi connectivity index (χ0) is 14.7. The van der Waals surface area contributed by atoms with Crippen LogP contribution in [0.4, 0.5) is 5.69 Å². The van der Waals surface area contributed by atoms with Crippen molar-refractivity contribution in [1.82, 2.24) is 0 Å². The van der Waals surface area contributed by atoms with E-state index >= 15 is 0 Å². The van der Waals surface area contributed by atoms with Gasteiger partial charge in [0.25, 0.3) is 0 Å². The molecule has 1 amide bonds. The number of phenolic OH excluding ortho intramolecular Hbond substituents is 1. The highest BCUT2D eigenvalue weighted by Gasteiger charge is 2.08. The Hall–Kier alpha value is -2.82. The first-order valence-electron chi connectivity index (χ1n) is 5.91. The smallest absolute Gasteiger partial charge is 0.335 e. The average molecular weight is 271 g/mol. The van der Waals surface area contributed by atoms with Gasteiger partial charge in [0.1, 0.15) is 5.75 Å². The second-order valence-corrected chi connectivity index (χ2v) is 4.34. The lowest BCUT2D eigenvalue weighted by Crippen LogP contribution is -2.05. The molecule has 5 heteroatoms. The summed E-state index contributed by atoms with van der Waals surface area (Å²) in [5, 5.41) is 21.2. The van der Waals surface area contributed by atoms with Crippen molar-refractivity contribution in [3.63, 3.8) is 0 Å². The van der Waals surface area contributed by atoms with E-state index in [-0.39, 0.29) is 17.2 Å². The molecule has 0 aliphatic heterocycles. The Balaban J connectivity index is 2.45. The molecule has 2 rings (SSSR count). The van der Waals surface area contributed by atoms with Crippen LogP contribution in [0.25, 0.3) is 11.1 Å². The Morgan fingerprint density at radius 1 is 1.05 bits per heavy atom. The van der Waals surface area contributed by atoms with Crippen molar-refractivity contribution in [2.24, 2.45) is 0 Å². The van der Waals surface area contributed by atoms with Gasteiger partial charge in [-0.05, 0) is 41.5 Å². The number of anilines is 1. The second kappa shape index (κ2) is 5.44. The third-order valence-electron chi connectivity index (χ3n) is 2.68. The minimum absolute atomic E-state index is 0.00456. The van der Waals surface area contributed by atoms with Crippen LogP contribution in [-0.4, -0.2) is 22.1 Å². The topological polar surface area (TPSA) is 86.6 Å². The van der Waals surface area contributed by atoms with E-state index in [9.17, 15) is 14.7 Å². The quantitative estimate of drug-likeness (QED) is 0.801. The van der Waals surface area contributed by atoms with Crippen LogP contribution in [0, 0.1) is 0 Å². The van der Waals surface area contributed by atoms with Crippen LogP contribution >= 0.6 is 0 Å². The Labute approximate surface area is 115 Å². The predicted octanol–water partition coefficient (Wildman–Crippen LogP) is 2.72. The number of hydrogen-bond acceptors (Lipinski definition) is 3. The Morgan fingerprint density at radius 3 is 2.45 bits per heavy atom. The molecular formula is C15H13NO4. The zero-order valence-electron chi connectivity index (χ0n) is 10.8. The fourth-order valence-corrected chi connectivity index (χ4v) is 1.88. The van der Waals surface area contributed by atoms with E-state index in [1.54, 1.807) is 24.3 Å². The molecular weight excluding hydrogens is 258 g/mol. The molecule has 0 unspecified atom stereocenters. The van der Waals surface area contributed by atoms with Gasteiger partial charge in [0.15, 0.2) is 0 Å². The van der Waals surface area contributed by atoms with Gasteiger partial charge in [-0.2, -0.15) is 0 Å². The SMILES string of the molecule is CC(=O)Nc1cccc(-c2cc(O)cc(C(=O)O)c2)c1. The van der Waals surface area contributed by atoms with Crippen molar-refractivity contribution in [2.45, 2.75) is 6.92 Å². The molecule has 0 aliphatic carbocycles.